The van der Waals surface area contributed by atoms with Crippen LogP contribution in [0.3, 0.4) is 0 Å². The standard InChI is InChI=1S/C23H23ClN2O3S/c1-15-10-16(2)12-21(11-15)26-23(27)25-20-9-4-17(3)22(13-20)30(28,29)14-18-5-7-19(24)8-6-18/h4-13H,14H2,1-3H3,(H2,25,26,27). The molecule has 0 bridgehead atoms. The molecule has 7 heteroatoms. The summed E-state index contributed by atoms with van der Waals surface area (Å²) in [6.45, 7) is 5.63. The van der Waals surface area contributed by atoms with Gasteiger partial charge in [-0.05, 0) is 79.4 Å². The molecule has 3 rings (SSSR count). The highest BCUT2D eigenvalue weighted by Gasteiger charge is 2.19. The summed E-state index contributed by atoms with van der Waals surface area (Å²) in [5, 5.41) is 6.04. The van der Waals surface area contributed by atoms with E-state index in [0.29, 0.717) is 27.5 Å². The van der Waals surface area contributed by atoms with Gasteiger partial charge in [-0.2, -0.15) is 0 Å². The number of anilines is 2. The van der Waals surface area contributed by atoms with Gasteiger partial charge in [-0.15, -0.1) is 0 Å². The summed E-state index contributed by atoms with van der Waals surface area (Å²) in [4.78, 5) is 12.6. The molecule has 5 nitrogen and oxygen atoms in total. The second-order valence-corrected chi connectivity index (χ2v) is 9.72. The SMILES string of the molecule is Cc1cc(C)cc(NC(=O)Nc2ccc(C)c(S(=O)(=O)Cc3ccc(Cl)cc3)c2)c1. The first-order valence-corrected chi connectivity index (χ1v) is 11.4. The summed E-state index contributed by atoms with van der Waals surface area (Å²) >= 11 is 5.87. The van der Waals surface area contributed by atoms with Crippen LogP contribution < -0.4 is 10.6 Å². The van der Waals surface area contributed by atoms with Crippen molar-refractivity contribution in [3.8, 4) is 0 Å². The van der Waals surface area contributed by atoms with E-state index < -0.39 is 15.9 Å². The van der Waals surface area contributed by atoms with E-state index in [1.54, 1.807) is 43.3 Å². The topological polar surface area (TPSA) is 75.3 Å². The molecule has 3 aromatic rings. The monoisotopic (exact) mass is 442 g/mol. The molecule has 30 heavy (non-hydrogen) atoms. The van der Waals surface area contributed by atoms with Gasteiger partial charge in [0.15, 0.2) is 9.84 Å². The van der Waals surface area contributed by atoms with Crippen molar-refractivity contribution >= 4 is 38.8 Å². The maximum Gasteiger partial charge on any atom is 0.323 e. The fourth-order valence-corrected chi connectivity index (χ4v) is 5.01. The largest absolute Gasteiger partial charge is 0.323 e. The molecule has 0 saturated carbocycles. The number of carbonyl (C=O) groups excluding carboxylic acids is 1. The van der Waals surface area contributed by atoms with Crippen LogP contribution in [0.4, 0.5) is 16.2 Å². The molecule has 0 aliphatic carbocycles. The molecule has 2 N–H and O–H groups in total. The number of aryl methyl sites for hydroxylation is 3. The molecule has 0 aromatic heterocycles. The van der Waals surface area contributed by atoms with Crippen molar-refractivity contribution in [2.24, 2.45) is 0 Å². The Bertz CT molecular complexity index is 1170. The van der Waals surface area contributed by atoms with Gasteiger partial charge in [0, 0.05) is 16.4 Å². The van der Waals surface area contributed by atoms with E-state index in [9.17, 15) is 13.2 Å². The van der Waals surface area contributed by atoms with Crippen LogP contribution in [0.15, 0.2) is 65.6 Å². The van der Waals surface area contributed by atoms with E-state index in [1.807, 2.05) is 32.0 Å². The molecule has 0 fully saturated rings. The van der Waals surface area contributed by atoms with Gasteiger partial charge in [0.2, 0.25) is 0 Å². The van der Waals surface area contributed by atoms with Crippen LogP contribution in [0.25, 0.3) is 0 Å². The van der Waals surface area contributed by atoms with Gasteiger partial charge in [-0.3, -0.25) is 0 Å². The summed E-state index contributed by atoms with van der Waals surface area (Å²) in [7, 11) is -3.60. The molecule has 2 amide bonds. The second-order valence-electron chi connectivity index (χ2n) is 7.32. The predicted molar refractivity (Wildman–Crippen MR) is 122 cm³/mol. The lowest BCUT2D eigenvalue weighted by Crippen LogP contribution is -2.20. The molecule has 156 valence electrons. The van der Waals surface area contributed by atoms with Gasteiger partial charge in [0.1, 0.15) is 0 Å². The number of urea groups is 1. The molecule has 0 unspecified atom stereocenters. The quantitative estimate of drug-likeness (QED) is 0.517. The van der Waals surface area contributed by atoms with E-state index in [4.69, 9.17) is 11.6 Å². The minimum Gasteiger partial charge on any atom is -0.308 e. The van der Waals surface area contributed by atoms with Crippen LogP contribution in [0.5, 0.6) is 0 Å². The maximum atomic E-state index is 13.0. The summed E-state index contributed by atoms with van der Waals surface area (Å²) < 4.78 is 25.9. The smallest absolute Gasteiger partial charge is 0.308 e. The van der Waals surface area contributed by atoms with Gasteiger partial charge >= 0.3 is 6.03 Å². The molecule has 0 atom stereocenters. The third-order valence-electron chi connectivity index (χ3n) is 4.53. The Labute approximate surface area is 182 Å². The Hall–Kier alpha value is -2.83. The fraction of sp³-hybridized carbons (Fsp3) is 0.174. The van der Waals surface area contributed by atoms with E-state index in [1.165, 1.54) is 6.07 Å². The van der Waals surface area contributed by atoms with E-state index in [0.717, 1.165) is 11.1 Å². The Kier molecular flexibility index (Phi) is 6.48. The zero-order valence-electron chi connectivity index (χ0n) is 17.0. The lowest BCUT2D eigenvalue weighted by atomic mass is 10.1. The number of rotatable bonds is 5. The average Bonchev–Trinajstić information content (AvgIpc) is 2.64. The van der Waals surface area contributed by atoms with Gasteiger partial charge in [-0.25, -0.2) is 13.2 Å². The average molecular weight is 443 g/mol. The van der Waals surface area contributed by atoms with Crippen molar-refractivity contribution in [1.82, 2.24) is 0 Å². The number of benzene rings is 3. The van der Waals surface area contributed by atoms with Gasteiger partial charge in [0.25, 0.3) is 0 Å². The molecule has 3 aromatic carbocycles. The van der Waals surface area contributed by atoms with Crippen LogP contribution in [0.1, 0.15) is 22.3 Å². The first-order valence-electron chi connectivity index (χ1n) is 9.36. The summed E-state index contributed by atoms with van der Waals surface area (Å²) in [5.74, 6) is -0.150. The van der Waals surface area contributed by atoms with E-state index in [-0.39, 0.29) is 10.6 Å². The molecule has 0 spiro atoms. The Balaban J connectivity index is 1.78. The zero-order chi connectivity index (χ0) is 21.9. The molecule has 0 saturated heterocycles. The predicted octanol–water partition coefficient (Wildman–Crippen LogP) is 5.88. The Morgan fingerprint density at radius 2 is 1.43 bits per heavy atom. The van der Waals surface area contributed by atoms with Crippen LogP contribution in [-0.4, -0.2) is 14.4 Å². The molecular weight excluding hydrogens is 420 g/mol. The van der Waals surface area contributed by atoms with Crippen LogP contribution in [-0.2, 0) is 15.6 Å². The normalized spacial score (nSPS) is 11.2. The Morgan fingerprint density at radius 1 is 0.833 bits per heavy atom. The summed E-state index contributed by atoms with van der Waals surface area (Å²) in [5.41, 5.74) is 4.41. The minimum absolute atomic E-state index is 0.150. The highest BCUT2D eigenvalue weighted by Crippen LogP contribution is 2.25. The first kappa shape index (κ1) is 21.9. The third-order valence-corrected chi connectivity index (χ3v) is 6.61. The highest BCUT2D eigenvalue weighted by molar-refractivity contribution is 7.90. The van der Waals surface area contributed by atoms with Crippen molar-refractivity contribution in [3.05, 3.63) is 87.9 Å². The highest BCUT2D eigenvalue weighted by atomic mass is 35.5. The van der Waals surface area contributed by atoms with Gasteiger partial charge in [-0.1, -0.05) is 35.9 Å². The van der Waals surface area contributed by atoms with E-state index >= 15 is 0 Å². The van der Waals surface area contributed by atoms with Crippen LogP contribution in [0.2, 0.25) is 5.02 Å². The van der Waals surface area contributed by atoms with Gasteiger partial charge < -0.3 is 10.6 Å². The molecule has 0 heterocycles. The number of sulfone groups is 1. The lowest BCUT2D eigenvalue weighted by Gasteiger charge is -2.12. The van der Waals surface area contributed by atoms with Crippen molar-refractivity contribution in [1.29, 1.82) is 0 Å². The number of nitrogens with one attached hydrogen (secondary N) is 2. The number of hydrogen-bond acceptors (Lipinski definition) is 3. The van der Waals surface area contributed by atoms with Crippen molar-refractivity contribution in [2.75, 3.05) is 10.6 Å². The molecular formula is C23H23ClN2O3S. The zero-order valence-corrected chi connectivity index (χ0v) is 18.6. The summed E-state index contributed by atoms with van der Waals surface area (Å²) in [6.07, 6.45) is 0. The van der Waals surface area contributed by atoms with Crippen LogP contribution >= 0.6 is 11.6 Å². The minimum atomic E-state index is -3.60. The second kappa shape index (κ2) is 8.90. The lowest BCUT2D eigenvalue weighted by molar-refractivity contribution is 0.262. The van der Waals surface area contributed by atoms with Crippen LogP contribution in [0, 0.1) is 20.8 Å². The summed E-state index contributed by atoms with van der Waals surface area (Å²) in [6, 6.07) is 16.9. The fourth-order valence-electron chi connectivity index (χ4n) is 3.23. The van der Waals surface area contributed by atoms with Crippen molar-refractivity contribution in [3.63, 3.8) is 0 Å². The third kappa shape index (κ3) is 5.62. The van der Waals surface area contributed by atoms with E-state index in [2.05, 4.69) is 10.6 Å². The van der Waals surface area contributed by atoms with Crippen molar-refractivity contribution in [2.45, 2.75) is 31.4 Å². The number of halogens is 1. The number of carbonyl (C=O) groups is 1. The molecule has 0 radical (unpaired) electrons. The number of amides is 2. The molecule has 0 aliphatic rings. The van der Waals surface area contributed by atoms with Gasteiger partial charge in [0.05, 0.1) is 10.6 Å². The maximum absolute atomic E-state index is 13.0. The van der Waals surface area contributed by atoms with Crippen molar-refractivity contribution < 1.29 is 13.2 Å². The first-order chi connectivity index (χ1) is 14.1. The Morgan fingerprint density at radius 3 is 2.07 bits per heavy atom. The number of hydrogen-bond donors (Lipinski definition) is 2. The molecule has 0 aliphatic heterocycles.